The van der Waals surface area contributed by atoms with Crippen LogP contribution in [0.15, 0.2) is 11.2 Å². The number of hydrogen-bond donors (Lipinski definition) is 1. The molecule has 0 radical (unpaired) electrons. The Morgan fingerprint density at radius 1 is 1.64 bits per heavy atom. The van der Waals surface area contributed by atoms with E-state index in [9.17, 15) is 18.7 Å². The molecule has 0 unspecified atom stereocenters. The van der Waals surface area contributed by atoms with Crippen molar-refractivity contribution in [1.29, 1.82) is 0 Å². The van der Waals surface area contributed by atoms with Gasteiger partial charge < -0.3 is 14.6 Å². The molecule has 0 spiro atoms. The van der Waals surface area contributed by atoms with Gasteiger partial charge in [-0.1, -0.05) is 5.11 Å². The van der Waals surface area contributed by atoms with Crippen molar-refractivity contribution in [3.05, 3.63) is 33.7 Å². The third-order valence-corrected chi connectivity index (χ3v) is 3.07. The number of amides is 1. The van der Waals surface area contributed by atoms with Gasteiger partial charge in [-0.2, -0.15) is 0 Å². The lowest BCUT2D eigenvalue weighted by atomic mass is 10.1. The lowest BCUT2D eigenvalue weighted by Crippen LogP contribution is -2.25. The molecule has 1 heterocycles. The molecule has 1 aliphatic heterocycles. The summed E-state index contributed by atoms with van der Waals surface area (Å²) in [6, 6.07) is 0.823. The summed E-state index contributed by atoms with van der Waals surface area (Å²) in [5, 5.41) is 13.1. The molecule has 2 rings (SSSR count). The Balaban J connectivity index is 2.33. The lowest BCUT2D eigenvalue weighted by molar-refractivity contribution is 0.145. The monoisotopic (exact) mass is 314 g/mol. The quantitative estimate of drug-likeness (QED) is 0.511. The molecule has 1 saturated heterocycles. The maximum atomic E-state index is 14.0. The summed E-state index contributed by atoms with van der Waals surface area (Å²) in [5.74, 6) is -3.04. The van der Waals surface area contributed by atoms with E-state index >= 15 is 0 Å². The molecular weight excluding hydrogens is 302 g/mol. The van der Waals surface area contributed by atoms with Crippen molar-refractivity contribution >= 4 is 11.8 Å². The van der Waals surface area contributed by atoms with Crippen LogP contribution in [0.25, 0.3) is 10.4 Å². The van der Waals surface area contributed by atoms with E-state index < -0.39 is 35.1 Å². The van der Waals surface area contributed by atoms with Gasteiger partial charge in [0.2, 0.25) is 0 Å². The summed E-state index contributed by atoms with van der Waals surface area (Å²) >= 11 is 0. The molecule has 0 aliphatic carbocycles. The van der Waals surface area contributed by atoms with E-state index in [-0.39, 0.29) is 25.4 Å². The van der Waals surface area contributed by atoms with Gasteiger partial charge in [-0.05, 0) is 5.53 Å². The van der Waals surface area contributed by atoms with Crippen molar-refractivity contribution in [2.45, 2.75) is 12.7 Å². The molecule has 10 heteroatoms. The first-order valence-corrected chi connectivity index (χ1v) is 6.17. The van der Waals surface area contributed by atoms with Gasteiger partial charge in [-0.15, -0.1) is 0 Å². The highest BCUT2D eigenvalue weighted by atomic mass is 19.1. The summed E-state index contributed by atoms with van der Waals surface area (Å²) in [6.45, 7) is -0.588. The van der Waals surface area contributed by atoms with Crippen molar-refractivity contribution in [3.63, 3.8) is 0 Å². The number of nitrogens with zero attached hydrogens (tertiary/aromatic N) is 4. The van der Waals surface area contributed by atoms with Crippen LogP contribution in [0.5, 0.6) is 5.75 Å². The fourth-order valence-electron chi connectivity index (χ4n) is 2.06. The van der Waals surface area contributed by atoms with Crippen LogP contribution in [0.3, 0.4) is 0 Å². The Labute approximate surface area is 123 Å². The minimum Gasteiger partial charge on any atom is -0.503 e. The van der Waals surface area contributed by atoms with Crippen LogP contribution in [-0.2, 0) is 16.1 Å². The number of phenols is 1. The topological polar surface area (TPSA) is 108 Å². The molecule has 1 aromatic carbocycles. The molecule has 8 nitrogen and oxygen atoms in total. The Morgan fingerprint density at radius 3 is 3.00 bits per heavy atom. The average Bonchev–Trinajstić information content (AvgIpc) is 2.86. The van der Waals surface area contributed by atoms with Crippen molar-refractivity contribution in [3.8, 4) is 5.75 Å². The van der Waals surface area contributed by atoms with Crippen LogP contribution < -0.4 is 4.90 Å². The second kappa shape index (κ2) is 6.46. The van der Waals surface area contributed by atoms with E-state index in [2.05, 4.69) is 14.8 Å². The lowest BCUT2D eigenvalue weighted by Gasteiger charge is -2.17. The number of benzene rings is 1. The van der Waals surface area contributed by atoms with E-state index in [4.69, 9.17) is 10.3 Å². The van der Waals surface area contributed by atoms with Crippen LogP contribution in [0, 0.1) is 11.6 Å². The number of anilines is 1. The summed E-state index contributed by atoms with van der Waals surface area (Å²) in [4.78, 5) is 15.1. The Morgan fingerprint density at radius 2 is 2.36 bits per heavy atom. The van der Waals surface area contributed by atoms with Gasteiger partial charge in [-0.3, -0.25) is 4.90 Å². The number of carbonyl (C=O) groups is 1. The molecule has 1 N–H and O–H groups in total. The maximum absolute atomic E-state index is 14.0. The fourth-order valence-corrected chi connectivity index (χ4v) is 2.06. The fraction of sp³-hybridized carbons (Fsp3) is 0.417. The molecule has 1 aliphatic rings. The van der Waals surface area contributed by atoms with Crippen LogP contribution >= 0.6 is 0 Å². The first-order chi connectivity index (χ1) is 10.5. The van der Waals surface area contributed by atoms with Crippen LogP contribution in [0.2, 0.25) is 0 Å². The number of rotatable bonds is 5. The van der Waals surface area contributed by atoms with E-state index in [1.807, 2.05) is 0 Å². The number of azide groups is 1. The molecule has 1 fully saturated rings. The van der Waals surface area contributed by atoms with E-state index in [1.165, 1.54) is 7.11 Å². The number of methoxy groups -OCH3 is 1. The molecule has 0 saturated carbocycles. The van der Waals surface area contributed by atoms with Gasteiger partial charge in [0.05, 0.1) is 30.9 Å². The van der Waals surface area contributed by atoms with Gasteiger partial charge in [0, 0.05) is 18.1 Å². The number of ether oxygens (including phenoxy) is 2. The van der Waals surface area contributed by atoms with Crippen molar-refractivity contribution < 1.29 is 28.2 Å². The number of halogens is 2. The third kappa shape index (κ3) is 2.87. The zero-order valence-electron chi connectivity index (χ0n) is 11.5. The highest BCUT2D eigenvalue weighted by Crippen LogP contribution is 2.36. The smallest absolute Gasteiger partial charge is 0.414 e. The highest BCUT2D eigenvalue weighted by molar-refractivity contribution is 5.91. The van der Waals surface area contributed by atoms with Gasteiger partial charge in [0.25, 0.3) is 0 Å². The van der Waals surface area contributed by atoms with Gasteiger partial charge in [0.1, 0.15) is 11.9 Å². The number of hydrogen-bond acceptors (Lipinski definition) is 5. The summed E-state index contributed by atoms with van der Waals surface area (Å²) in [7, 11) is 1.25. The molecular formula is C12H12F2N4O4. The van der Waals surface area contributed by atoms with Crippen molar-refractivity contribution in [2.75, 3.05) is 25.1 Å². The standard InChI is InChI=1S/C12H12F2N4O4/c1-21-5-7-8(13)2-9(11(19)10(7)14)18-4-6(3-16-17-15)22-12(18)20/h2,6,19H,3-5H2,1H3/t6-/m0/s1. The van der Waals surface area contributed by atoms with Crippen LogP contribution in [-0.4, -0.2) is 37.5 Å². The number of phenolic OH excluding ortho intramolecular Hbond substituents is 1. The highest BCUT2D eigenvalue weighted by Gasteiger charge is 2.35. The van der Waals surface area contributed by atoms with Gasteiger partial charge in [-0.25, -0.2) is 13.6 Å². The molecule has 1 atom stereocenters. The predicted molar refractivity (Wildman–Crippen MR) is 70.4 cm³/mol. The minimum atomic E-state index is -1.21. The average molecular weight is 314 g/mol. The maximum Gasteiger partial charge on any atom is 0.414 e. The van der Waals surface area contributed by atoms with Crippen molar-refractivity contribution in [1.82, 2.24) is 0 Å². The minimum absolute atomic E-state index is 0.103. The molecule has 1 aromatic rings. The Hall–Kier alpha value is -2.58. The Bertz CT molecular complexity index is 649. The summed E-state index contributed by atoms with van der Waals surface area (Å²) in [6.07, 6.45) is -1.65. The van der Waals surface area contributed by atoms with E-state index in [1.54, 1.807) is 0 Å². The van der Waals surface area contributed by atoms with E-state index in [0.717, 1.165) is 11.0 Å². The largest absolute Gasteiger partial charge is 0.503 e. The van der Waals surface area contributed by atoms with Gasteiger partial charge >= 0.3 is 6.09 Å². The SMILES string of the molecule is COCc1c(F)cc(N2C[C@H](CN=[N+]=[N-])OC2=O)c(O)c1F. The predicted octanol–water partition coefficient (Wildman–Crippen LogP) is 2.45. The molecule has 22 heavy (non-hydrogen) atoms. The molecule has 0 bridgehead atoms. The summed E-state index contributed by atoms with van der Waals surface area (Å²) in [5.41, 5.74) is 7.43. The molecule has 118 valence electrons. The Kier molecular flexibility index (Phi) is 4.64. The molecule has 0 aromatic heterocycles. The zero-order valence-corrected chi connectivity index (χ0v) is 11.5. The number of carbonyl (C=O) groups excluding carboxylic acids is 1. The first kappa shape index (κ1) is 15.8. The second-order valence-corrected chi connectivity index (χ2v) is 4.48. The van der Waals surface area contributed by atoms with E-state index in [0.29, 0.717) is 0 Å². The second-order valence-electron chi connectivity index (χ2n) is 4.48. The normalized spacial score (nSPS) is 17.3. The van der Waals surface area contributed by atoms with Crippen LogP contribution in [0.1, 0.15) is 5.56 Å². The summed E-state index contributed by atoms with van der Waals surface area (Å²) < 4.78 is 37.4. The van der Waals surface area contributed by atoms with Crippen LogP contribution in [0.4, 0.5) is 19.3 Å². The third-order valence-electron chi connectivity index (χ3n) is 3.07. The van der Waals surface area contributed by atoms with Gasteiger partial charge in [0.15, 0.2) is 11.6 Å². The number of aromatic hydroxyl groups is 1. The number of cyclic esters (lactones) is 1. The van der Waals surface area contributed by atoms with Crippen molar-refractivity contribution in [2.24, 2.45) is 5.11 Å². The zero-order chi connectivity index (χ0) is 16.3. The molecule has 1 amide bonds. The first-order valence-electron chi connectivity index (χ1n) is 6.17.